The molecule has 0 aromatic heterocycles. The van der Waals surface area contributed by atoms with Gasteiger partial charge in [0, 0.05) is 15.9 Å². The van der Waals surface area contributed by atoms with Crippen molar-refractivity contribution in [3.63, 3.8) is 0 Å². The van der Waals surface area contributed by atoms with E-state index in [-0.39, 0.29) is 15.9 Å². The van der Waals surface area contributed by atoms with Crippen molar-refractivity contribution < 1.29 is 13.2 Å². The molecule has 1 atom stereocenters. The molecule has 0 nitrogen and oxygen atoms in total. The second-order valence-corrected chi connectivity index (χ2v) is 10.8. The van der Waals surface area contributed by atoms with Crippen LogP contribution in [0.2, 0.25) is 24.2 Å². The lowest BCUT2D eigenvalue weighted by atomic mass is 10.4. The Morgan fingerprint density at radius 2 is 1.56 bits per heavy atom. The van der Waals surface area contributed by atoms with Gasteiger partial charge in [0.1, 0.15) is 0 Å². The van der Waals surface area contributed by atoms with Gasteiger partial charge in [-0.3, -0.25) is 4.39 Å². The van der Waals surface area contributed by atoms with Gasteiger partial charge in [0.15, 0.2) is 0 Å². The molecule has 0 aromatic rings. The number of hydrogen-bond donors (Lipinski definition) is 0. The summed E-state index contributed by atoms with van der Waals surface area (Å²) in [6, 6.07) is 4.02. The van der Waals surface area contributed by atoms with Gasteiger partial charge in [0.2, 0.25) is 6.43 Å². The third-order valence-corrected chi connectivity index (χ3v) is 9.39. The van der Waals surface area contributed by atoms with E-state index in [1.54, 1.807) is 0 Å². The van der Waals surface area contributed by atoms with E-state index >= 15 is 0 Å². The van der Waals surface area contributed by atoms with Gasteiger partial charge in [-0.1, -0.05) is 57.3 Å². The molecular weight excluding hydrogens is 269 g/mol. The maximum Gasteiger partial charge on any atom is 0.238 e. The maximum atomic E-state index is 14.0. The summed E-state index contributed by atoms with van der Waals surface area (Å²) in [5.74, 6) is -0.533. The topological polar surface area (TPSA) is 0 Å². The molecule has 1 unspecified atom stereocenters. The first-order chi connectivity index (χ1) is 8.61. The summed E-state index contributed by atoms with van der Waals surface area (Å²) in [6.07, 6.45) is 1.79. The standard InChI is InChI=1S/C13H29F3Si2/c1-3-10-18(11-4-2)13(16)6-5-8-17-9-7-12(14)15/h12-13,18H,3-11,17H2,1-2H3. The van der Waals surface area contributed by atoms with Crippen LogP contribution in [-0.2, 0) is 0 Å². The molecule has 18 heavy (non-hydrogen) atoms. The third kappa shape index (κ3) is 10.2. The van der Waals surface area contributed by atoms with Crippen LogP contribution < -0.4 is 0 Å². The van der Waals surface area contributed by atoms with Crippen LogP contribution in [0.4, 0.5) is 13.2 Å². The second-order valence-electron chi connectivity index (χ2n) is 5.24. The Labute approximate surface area is 114 Å². The molecule has 0 aromatic carbocycles. The van der Waals surface area contributed by atoms with Crippen LogP contribution in [0.1, 0.15) is 46.0 Å². The van der Waals surface area contributed by atoms with E-state index in [4.69, 9.17) is 0 Å². The highest BCUT2D eigenvalue weighted by atomic mass is 28.3. The molecule has 0 amide bonds. The zero-order chi connectivity index (χ0) is 13.8. The number of hydrogen-bond acceptors (Lipinski definition) is 0. The minimum atomic E-state index is -2.14. The largest absolute Gasteiger partial charge is 0.252 e. The lowest BCUT2D eigenvalue weighted by Crippen LogP contribution is -2.26. The molecule has 110 valence electrons. The predicted molar refractivity (Wildman–Crippen MR) is 80.3 cm³/mol. The summed E-state index contributed by atoms with van der Waals surface area (Å²) in [7, 11) is -1.53. The Bertz CT molecular complexity index is 174. The van der Waals surface area contributed by atoms with Gasteiger partial charge in [-0.15, -0.1) is 0 Å². The number of alkyl halides is 3. The molecule has 0 N–H and O–H groups in total. The first kappa shape index (κ1) is 18.2. The average molecular weight is 299 g/mol. The van der Waals surface area contributed by atoms with E-state index in [9.17, 15) is 13.2 Å². The molecule has 0 heterocycles. The summed E-state index contributed by atoms with van der Waals surface area (Å²) < 4.78 is 37.9. The van der Waals surface area contributed by atoms with E-state index in [0.29, 0.717) is 6.42 Å². The van der Waals surface area contributed by atoms with Gasteiger partial charge in [-0.25, -0.2) is 8.78 Å². The van der Waals surface area contributed by atoms with E-state index in [0.717, 1.165) is 43.4 Å². The van der Waals surface area contributed by atoms with Crippen molar-refractivity contribution in [2.75, 3.05) is 0 Å². The quantitative estimate of drug-likeness (QED) is 0.371. The Balaban J connectivity index is 3.57. The van der Waals surface area contributed by atoms with E-state index in [2.05, 4.69) is 13.8 Å². The lowest BCUT2D eigenvalue weighted by Gasteiger charge is -2.18. The molecular formula is C13H29F3Si2. The average Bonchev–Trinajstić information content (AvgIpc) is 2.32. The Hall–Kier alpha value is 0.224. The van der Waals surface area contributed by atoms with E-state index < -0.39 is 21.0 Å². The summed E-state index contributed by atoms with van der Waals surface area (Å²) in [5.41, 5.74) is 0. The van der Waals surface area contributed by atoms with Crippen molar-refractivity contribution in [1.29, 1.82) is 0 Å². The minimum absolute atomic E-state index is 0.0638. The van der Waals surface area contributed by atoms with E-state index in [1.165, 1.54) is 0 Å². The Morgan fingerprint density at radius 3 is 2.06 bits per heavy atom. The van der Waals surface area contributed by atoms with Crippen LogP contribution >= 0.6 is 0 Å². The van der Waals surface area contributed by atoms with Gasteiger partial charge in [-0.2, -0.15) is 0 Å². The predicted octanol–water partition coefficient (Wildman–Crippen LogP) is 4.35. The van der Waals surface area contributed by atoms with E-state index in [1.807, 2.05) is 0 Å². The van der Waals surface area contributed by atoms with Crippen LogP contribution in [0, 0.1) is 0 Å². The van der Waals surface area contributed by atoms with Crippen molar-refractivity contribution in [2.24, 2.45) is 0 Å². The molecule has 0 aliphatic rings. The second kappa shape index (κ2) is 12.3. The first-order valence-corrected chi connectivity index (χ1v) is 11.8. The number of rotatable bonds is 12. The van der Waals surface area contributed by atoms with Gasteiger partial charge in [0.05, 0.1) is 14.6 Å². The highest BCUT2D eigenvalue weighted by Gasteiger charge is 2.20. The molecule has 0 aliphatic carbocycles. The lowest BCUT2D eigenvalue weighted by molar-refractivity contribution is 0.144. The van der Waals surface area contributed by atoms with Gasteiger partial charge < -0.3 is 0 Å². The third-order valence-electron chi connectivity index (χ3n) is 3.48. The highest BCUT2D eigenvalue weighted by molar-refractivity contribution is 6.60. The van der Waals surface area contributed by atoms with Crippen molar-refractivity contribution in [1.82, 2.24) is 0 Å². The number of halogens is 3. The highest BCUT2D eigenvalue weighted by Crippen LogP contribution is 2.18. The SMILES string of the molecule is CCC[SiH](CCC)C(F)CCC[SiH2]CCC(F)F. The zero-order valence-electron chi connectivity index (χ0n) is 11.9. The fourth-order valence-electron chi connectivity index (χ4n) is 2.47. The molecule has 0 bridgehead atoms. The van der Waals surface area contributed by atoms with Crippen LogP contribution in [0.15, 0.2) is 0 Å². The maximum absolute atomic E-state index is 14.0. The van der Waals surface area contributed by atoms with Gasteiger partial charge in [-0.05, 0) is 6.42 Å². The molecule has 0 saturated carbocycles. The summed E-state index contributed by atoms with van der Waals surface area (Å²) >= 11 is 0. The van der Waals surface area contributed by atoms with Crippen molar-refractivity contribution in [3.8, 4) is 0 Å². The first-order valence-electron chi connectivity index (χ1n) is 7.54. The van der Waals surface area contributed by atoms with Crippen LogP contribution in [0.25, 0.3) is 0 Å². The molecule has 0 radical (unpaired) electrons. The monoisotopic (exact) mass is 298 g/mol. The van der Waals surface area contributed by atoms with Crippen molar-refractivity contribution in [2.45, 2.75) is 82.3 Å². The smallest absolute Gasteiger partial charge is 0.238 e. The van der Waals surface area contributed by atoms with Gasteiger partial charge in [0.25, 0.3) is 0 Å². The Kier molecular flexibility index (Phi) is 12.4. The zero-order valence-corrected chi connectivity index (χ0v) is 14.5. The molecule has 0 rings (SSSR count). The molecule has 0 saturated heterocycles. The van der Waals surface area contributed by atoms with Crippen LogP contribution in [-0.4, -0.2) is 30.5 Å². The molecule has 0 aliphatic heterocycles. The van der Waals surface area contributed by atoms with Crippen LogP contribution in [0.5, 0.6) is 0 Å². The fourth-order valence-corrected chi connectivity index (χ4v) is 7.27. The van der Waals surface area contributed by atoms with Crippen LogP contribution in [0.3, 0.4) is 0 Å². The minimum Gasteiger partial charge on any atom is -0.252 e. The molecule has 5 heteroatoms. The molecule has 0 spiro atoms. The van der Waals surface area contributed by atoms with Crippen molar-refractivity contribution in [3.05, 3.63) is 0 Å². The van der Waals surface area contributed by atoms with Crippen molar-refractivity contribution >= 4 is 18.3 Å². The van der Waals surface area contributed by atoms with Gasteiger partial charge >= 0.3 is 0 Å². The Morgan fingerprint density at radius 1 is 0.944 bits per heavy atom. The molecule has 0 fully saturated rings. The summed E-state index contributed by atoms with van der Waals surface area (Å²) in [5, 5.41) is 0. The summed E-state index contributed by atoms with van der Waals surface area (Å²) in [4.78, 5) is 0. The summed E-state index contributed by atoms with van der Waals surface area (Å²) in [6.45, 7) is 4.28. The normalized spacial score (nSPS) is 14.2. The fraction of sp³-hybridized carbons (Fsp3) is 1.00.